The highest BCUT2D eigenvalue weighted by Gasteiger charge is 2.35. The Morgan fingerprint density at radius 1 is 1.00 bits per heavy atom. The van der Waals surface area contributed by atoms with Crippen LogP contribution < -0.4 is 4.74 Å². The van der Waals surface area contributed by atoms with Crippen LogP contribution in [-0.2, 0) is 14.6 Å². The maximum atomic E-state index is 12.9. The summed E-state index contributed by atoms with van der Waals surface area (Å²) in [5.74, 6) is 1.50. The summed E-state index contributed by atoms with van der Waals surface area (Å²) >= 11 is 0. The first-order chi connectivity index (χ1) is 15.6. The fraction of sp³-hybridized carbons (Fsp3) is 0.400. The normalized spacial score (nSPS) is 21.4. The molecule has 168 valence electrons. The van der Waals surface area contributed by atoms with E-state index in [0.29, 0.717) is 25.1 Å². The van der Waals surface area contributed by atoms with E-state index in [4.69, 9.17) is 9.47 Å². The topological polar surface area (TPSA) is 68.2 Å². The standard InChI is InChI=1S/C25H28N2O4S/c28-32(29,23-9-5-2-6-10-23)24-15-26-25-27(17-24)16-22(31-25)18-30-21-13-11-20(12-14-21)19-7-3-1-4-8-19/h2,5-6,9-15,19,22H,1,3-4,7-8,16-18H2/t22-/m0/s1. The van der Waals surface area contributed by atoms with Crippen LogP contribution in [0.3, 0.4) is 0 Å². The molecule has 7 heteroatoms. The number of hydrogen-bond donors (Lipinski definition) is 0. The van der Waals surface area contributed by atoms with Crippen LogP contribution >= 0.6 is 0 Å². The monoisotopic (exact) mass is 452 g/mol. The molecule has 3 aliphatic rings. The zero-order valence-corrected chi connectivity index (χ0v) is 18.8. The lowest BCUT2D eigenvalue weighted by Gasteiger charge is -2.22. The Balaban J connectivity index is 1.16. The van der Waals surface area contributed by atoms with Crippen LogP contribution in [0.25, 0.3) is 0 Å². The zero-order valence-electron chi connectivity index (χ0n) is 18.0. The number of aliphatic imine (C=N–C) groups is 1. The van der Waals surface area contributed by atoms with E-state index in [9.17, 15) is 8.42 Å². The highest BCUT2D eigenvalue weighted by Crippen LogP contribution is 2.33. The number of ether oxygens (including phenoxy) is 2. The van der Waals surface area contributed by atoms with Crippen molar-refractivity contribution in [1.82, 2.24) is 4.90 Å². The molecule has 2 heterocycles. The first kappa shape index (κ1) is 21.1. The molecule has 2 aromatic rings. The molecule has 6 nitrogen and oxygen atoms in total. The Morgan fingerprint density at radius 3 is 2.50 bits per heavy atom. The van der Waals surface area contributed by atoms with Gasteiger partial charge in [-0.15, -0.1) is 0 Å². The SMILES string of the molecule is O=S(=O)(C1=CN=C2O[C@H](COc3ccc(C4CCCCC4)cc3)CN2C1)c1ccccc1. The number of amidine groups is 1. The third-order valence-corrected chi connectivity index (χ3v) is 8.24. The first-order valence-electron chi connectivity index (χ1n) is 11.3. The van der Waals surface area contributed by atoms with Gasteiger partial charge in [-0.2, -0.15) is 0 Å². The second kappa shape index (κ2) is 8.98. The van der Waals surface area contributed by atoms with Gasteiger partial charge in [0.25, 0.3) is 6.02 Å². The summed E-state index contributed by atoms with van der Waals surface area (Å²) in [6, 6.07) is 17.3. The van der Waals surface area contributed by atoms with Gasteiger partial charge in [-0.3, -0.25) is 0 Å². The van der Waals surface area contributed by atoms with Crippen molar-refractivity contribution in [2.75, 3.05) is 19.7 Å². The summed E-state index contributed by atoms with van der Waals surface area (Å²) in [6.07, 6.45) is 7.78. The van der Waals surface area contributed by atoms with Crippen molar-refractivity contribution in [1.29, 1.82) is 0 Å². The molecule has 0 unspecified atom stereocenters. The van der Waals surface area contributed by atoms with E-state index in [-0.39, 0.29) is 22.4 Å². The van der Waals surface area contributed by atoms with E-state index in [0.717, 1.165) is 5.75 Å². The molecule has 2 fully saturated rings. The van der Waals surface area contributed by atoms with Gasteiger partial charge in [-0.25, -0.2) is 13.4 Å². The van der Waals surface area contributed by atoms with E-state index < -0.39 is 9.84 Å². The van der Waals surface area contributed by atoms with Crippen LogP contribution in [-0.4, -0.2) is 45.1 Å². The van der Waals surface area contributed by atoms with Crippen LogP contribution in [0.5, 0.6) is 5.75 Å². The van der Waals surface area contributed by atoms with Gasteiger partial charge in [-0.05, 0) is 48.6 Å². The smallest absolute Gasteiger partial charge is 0.292 e. The Labute approximate surface area is 189 Å². The number of rotatable bonds is 6. The van der Waals surface area contributed by atoms with Gasteiger partial charge >= 0.3 is 0 Å². The summed E-state index contributed by atoms with van der Waals surface area (Å²) in [6.45, 7) is 1.18. The highest BCUT2D eigenvalue weighted by molar-refractivity contribution is 7.95. The highest BCUT2D eigenvalue weighted by atomic mass is 32.2. The largest absolute Gasteiger partial charge is 0.490 e. The van der Waals surface area contributed by atoms with Crippen molar-refractivity contribution in [3.8, 4) is 5.75 Å². The summed E-state index contributed by atoms with van der Waals surface area (Å²) in [5, 5.41) is 0. The quantitative estimate of drug-likeness (QED) is 0.646. The van der Waals surface area contributed by atoms with E-state index in [1.54, 1.807) is 30.3 Å². The molecular weight excluding hydrogens is 424 g/mol. The van der Waals surface area contributed by atoms with Crippen molar-refractivity contribution in [3.05, 3.63) is 71.3 Å². The molecular formula is C25H28N2O4S. The number of benzene rings is 2. The summed E-state index contributed by atoms with van der Waals surface area (Å²) in [5.41, 5.74) is 1.40. The average Bonchev–Trinajstić information content (AvgIpc) is 3.26. The van der Waals surface area contributed by atoms with E-state index in [1.807, 2.05) is 17.0 Å². The molecule has 32 heavy (non-hydrogen) atoms. The lowest BCUT2D eigenvalue weighted by molar-refractivity contribution is 0.146. The molecule has 1 aliphatic carbocycles. The summed E-state index contributed by atoms with van der Waals surface area (Å²) < 4.78 is 37.6. The molecule has 1 saturated heterocycles. The molecule has 0 bridgehead atoms. The molecule has 1 atom stereocenters. The third-order valence-electron chi connectivity index (χ3n) is 6.42. The minimum Gasteiger partial charge on any atom is -0.490 e. The van der Waals surface area contributed by atoms with Crippen LogP contribution in [0.15, 0.2) is 75.6 Å². The van der Waals surface area contributed by atoms with Gasteiger partial charge in [0.2, 0.25) is 9.84 Å². The predicted octanol–water partition coefficient (Wildman–Crippen LogP) is 4.50. The van der Waals surface area contributed by atoms with Gasteiger partial charge < -0.3 is 14.4 Å². The zero-order chi connectivity index (χ0) is 22.0. The number of nitrogens with zero attached hydrogens (tertiary/aromatic N) is 2. The second-order valence-corrected chi connectivity index (χ2v) is 10.7. The van der Waals surface area contributed by atoms with Gasteiger partial charge in [0.1, 0.15) is 12.4 Å². The number of fused-ring (bicyclic) bond motifs is 1. The van der Waals surface area contributed by atoms with Gasteiger partial charge in [0.05, 0.1) is 22.9 Å². The molecule has 0 amide bonds. The van der Waals surface area contributed by atoms with Crippen LogP contribution in [0.1, 0.15) is 43.6 Å². The number of hydrogen-bond acceptors (Lipinski definition) is 6. The third kappa shape index (κ3) is 4.39. The Morgan fingerprint density at radius 2 is 1.75 bits per heavy atom. The van der Waals surface area contributed by atoms with Crippen LogP contribution in [0.4, 0.5) is 0 Å². The van der Waals surface area contributed by atoms with Crippen molar-refractivity contribution >= 4 is 15.9 Å². The molecule has 2 aliphatic heterocycles. The lowest BCUT2D eigenvalue weighted by atomic mass is 9.84. The van der Waals surface area contributed by atoms with Gasteiger partial charge in [-0.1, -0.05) is 49.6 Å². The van der Waals surface area contributed by atoms with Crippen LogP contribution in [0, 0.1) is 0 Å². The van der Waals surface area contributed by atoms with Crippen LogP contribution in [0.2, 0.25) is 0 Å². The molecule has 5 rings (SSSR count). The van der Waals surface area contributed by atoms with Crippen molar-refractivity contribution in [3.63, 3.8) is 0 Å². The van der Waals surface area contributed by atoms with E-state index in [1.165, 1.54) is 43.9 Å². The molecule has 0 N–H and O–H groups in total. The van der Waals surface area contributed by atoms with Gasteiger partial charge in [0.15, 0.2) is 6.10 Å². The second-order valence-electron chi connectivity index (χ2n) is 8.66. The minimum absolute atomic E-state index is 0.195. The fourth-order valence-electron chi connectivity index (χ4n) is 4.64. The van der Waals surface area contributed by atoms with Crippen molar-refractivity contribution < 1.29 is 17.9 Å². The molecule has 1 saturated carbocycles. The van der Waals surface area contributed by atoms with E-state index >= 15 is 0 Å². The first-order valence-corrected chi connectivity index (χ1v) is 12.8. The fourth-order valence-corrected chi connectivity index (χ4v) is 5.97. The average molecular weight is 453 g/mol. The molecule has 0 aromatic heterocycles. The Bertz CT molecular complexity index is 1100. The van der Waals surface area contributed by atoms with Crippen molar-refractivity contribution in [2.24, 2.45) is 4.99 Å². The maximum absolute atomic E-state index is 12.9. The van der Waals surface area contributed by atoms with Crippen molar-refractivity contribution in [2.45, 2.75) is 49.0 Å². The van der Waals surface area contributed by atoms with Gasteiger partial charge in [0, 0.05) is 6.20 Å². The lowest BCUT2D eigenvalue weighted by Crippen LogP contribution is -2.33. The molecule has 0 spiro atoms. The predicted molar refractivity (Wildman–Crippen MR) is 123 cm³/mol. The summed E-state index contributed by atoms with van der Waals surface area (Å²) in [4.78, 5) is 6.67. The molecule has 0 radical (unpaired) electrons. The summed E-state index contributed by atoms with van der Waals surface area (Å²) in [7, 11) is -3.56. The Kier molecular flexibility index (Phi) is 5.91. The van der Waals surface area contributed by atoms with E-state index in [2.05, 4.69) is 17.1 Å². The minimum atomic E-state index is -3.56. The Hall–Kier alpha value is -2.80. The molecule has 2 aromatic carbocycles. The maximum Gasteiger partial charge on any atom is 0.292 e. The number of sulfone groups is 1.